The number of hydrogen-bond donors (Lipinski definition) is 1. The summed E-state index contributed by atoms with van der Waals surface area (Å²) in [6.07, 6.45) is -4.44. The van der Waals surface area contributed by atoms with Crippen LogP contribution in [0.5, 0.6) is 0 Å². The molecule has 1 aliphatic rings. The maximum absolute atomic E-state index is 12.8. The van der Waals surface area contributed by atoms with Crippen LogP contribution in [-0.2, 0) is 6.18 Å². The predicted molar refractivity (Wildman–Crippen MR) is 109 cm³/mol. The van der Waals surface area contributed by atoms with Crippen LogP contribution in [0.15, 0.2) is 53.0 Å². The third-order valence-corrected chi connectivity index (χ3v) is 5.62. The van der Waals surface area contributed by atoms with Gasteiger partial charge >= 0.3 is 6.18 Å². The number of hydrogen-bond acceptors (Lipinski definition) is 2. The van der Waals surface area contributed by atoms with Gasteiger partial charge in [0.25, 0.3) is 11.8 Å². The molecule has 2 aromatic carbocycles. The summed E-state index contributed by atoms with van der Waals surface area (Å²) in [6.45, 7) is 1.34. The second-order valence-electron chi connectivity index (χ2n) is 7.07. The van der Waals surface area contributed by atoms with Gasteiger partial charge in [0, 0.05) is 47.1 Å². The number of nitrogens with zero attached hydrogens (tertiary/aromatic N) is 2. The molecule has 0 atom stereocenters. The maximum Gasteiger partial charge on any atom is 0.416 e. The van der Waals surface area contributed by atoms with Crippen molar-refractivity contribution in [1.29, 1.82) is 0 Å². The van der Waals surface area contributed by atoms with Crippen molar-refractivity contribution in [3.8, 4) is 0 Å². The number of H-pyrrole nitrogens is 1. The Morgan fingerprint density at radius 1 is 0.867 bits per heavy atom. The molecule has 0 unspecified atom stereocenters. The quantitative estimate of drug-likeness (QED) is 0.586. The van der Waals surface area contributed by atoms with E-state index in [0.29, 0.717) is 31.9 Å². The van der Waals surface area contributed by atoms with E-state index in [4.69, 9.17) is 0 Å². The van der Waals surface area contributed by atoms with E-state index >= 15 is 0 Å². The van der Waals surface area contributed by atoms with Crippen LogP contribution in [0.25, 0.3) is 10.9 Å². The summed E-state index contributed by atoms with van der Waals surface area (Å²) in [5.74, 6) is -0.491. The number of amides is 2. The van der Waals surface area contributed by atoms with Gasteiger partial charge in [-0.1, -0.05) is 22.0 Å². The first-order valence-corrected chi connectivity index (χ1v) is 10.1. The summed E-state index contributed by atoms with van der Waals surface area (Å²) in [7, 11) is 0. The summed E-state index contributed by atoms with van der Waals surface area (Å²) in [4.78, 5) is 31.7. The van der Waals surface area contributed by atoms with Gasteiger partial charge in [-0.2, -0.15) is 13.2 Å². The lowest BCUT2D eigenvalue weighted by Gasteiger charge is -2.34. The number of aromatic amines is 1. The number of carbonyl (C=O) groups is 2. The van der Waals surface area contributed by atoms with Gasteiger partial charge < -0.3 is 14.8 Å². The molecule has 1 saturated heterocycles. The first-order valence-electron chi connectivity index (χ1n) is 9.26. The van der Waals surface area contributed by atoms with E-state index in [-0.39, 0.29) is 17.4 Å². The van der Waals surface area contributed by atoms with Crippen LogP contribution in [0.4, 0.5) is 13.2 Å². The summed E-state index contributed by atoms with van der Waals surface area (Å²) >= 11 is 3.40. The number of carbonyl (C=O) groups excluding carboxylic acids is 2. The molecule has 1 aliphatic heterocycles. The van der Waals surface area contributed by atoms with E-state index in [9.17, 15) is 22.8 Å². The molecule has 0 bridgehead atoms. The summed E-state index contributed by atoms with van der Waals surface area (Å²) in [6, 6.07) is 11.7. The van der Waals surface area contributed by atoms with Crippen LogP contribution in [0.3, 0.4) is 0 Å². The second-order valence-corrected chi connectivity index (χ2v) is 7.99. The number of halogens is 4. The van der Waals surface area contributed by atoms with Crippen LogP contribution in [-0.4, -0.2) is 52.8 Å². The van der Waals surface area contributed by atoms with Crippen LogP contribution in [0.2, 0.25) is 0 Å². The Balaban J connectivity index is 1.40. The number of aromatic nitrogens is 1. The molecule has 0 aliphatic carbocycles. The molecule has 0 spiro atoms. The Bertz CT molecular complexity index is 1100. The van der Waals surface area contributed by atoms with Gasteiger partial charge in [-0.05, 0) is 42.5 Å². The zero-order chi connectivity index (χ0) is 21.5. The Morgan fingerprint density at radius 3 is 2.07 bits per heavy atom. The number of alkyl halides is 3. The largest absolute Gasteiger partial charge is 0.416 e. The average molecular weight is 480 g/mol. The third-order valence-electron chi connectivity index (χ3n) is 5.13. The minimum absolute atomic E-state index is 0.149. The fraction of sp³-hybridized carbons (Fsp3) is 0.238. The van der Waals surface area contributed by atoms with Crippen molar-refractivity contribution in [3.63, 3.8) is 0 Å². The van der Waals surface area contributed by atoms with Gasteiger partial charge in [0.05, 0.1) is 5.56 Å². The van der Waals surface area contributed by atoms with Crippen molar-refractivity contribution in [2.24, 2.45) is 0 Å². The van der Waals surface area contributed by atoms with Crippen molar-refractivity contribution in [3.05, 3.63) is 69.8 Å². The lowest BCUT2D eigenvalue weighted by molar-refractivity contribution is -0.137. The number of rotatable bonds is 2. The molecule has 156 valence electrons. The molecule has 5 nitrogen and oxygen atoms in total. The predicted octanol–water partition coefficient (Wildman–Crippen LogP) is 4.55. The molecule has 0 radical (unpaired) electrons. The highest BCUT2D eigenvalue weighted by Gasteiger charge is 2.31. The van der Waals surface area contributed by atoms with Crippen molar-refractivity contribution in [2.45, 2.75) is 6.18 Å². The molecule has 1 aromatic heterocycles. The smallest absolute Gasteiger partial charge is 0.350 e. The van der Waals surface area contributed by atoms with Crippen LogP contribution >= 0.6 is 15.9 Å². The van der Waals surface area contributed by atoms with E-state index in [1.54, 1.807) is 15.9 Å². The van der Waals surface area contributed by atoms with Crippen LogP contribution in [0.1, 0.15) is 26.4 Å². The molecular formula is C21H17BrF3N3O2. The number of nitrogens with one attached hydrogen (secondary N) is 1. The molecular weight excluding hydrogens is 463 g/mol. The third kappa shape index (κ3) is 4.07. The Morgan fingerprint density at radius 2 is 1.47 bits per heavy atom. The molecule has 30 heavy (non-hydrogen) atoms. The molecule has 3 aromatic rings. The average Bonchev–Trinajstić information content (AvgIpc) is 3.15. The SMILES string of the molecule is O=C(c1ccc(C(F)(F)F)cc1)N1CCN(C(=O)c2cc3ccc(Br)cc3[nH]2)CC1. The van der Waals surface area contributed by atoms with Gasteiger partial charge in [0.1, 0.15) is 5.69 Å². The zero-order valence-electron chi connectivity index (χ0n) is 15.7. The lowest BCUT2D eigenvalue weighted by atomic mass is 10.1. The molecule has 1 N–H and O–H groups in total. The van der Waals surface area contributed by atoms with Crippen LogP contribution in [0, 0.1) is 0 Å². The highest BCUT2D eigenvalue weighted by Crippen LogP contribution is 2.29. The Labute approximate surface area is 178 Å². The molecule has 2 amide bonds. The Kier molecular flexibility index (Phi) is 5.31. The lowest BCUT2D eigenvalue weighted by Crippen LogP contribution is -2.50. The zero-order valence-corrected chi connectivity index (χ0v) is 17.3. The number of benzene rings is 2. The van der Waals surface area contributed by atoms with Gasteiger partial charge in [-0.15, -0.1) is 0 Å². The summed E-state index contributed by atoms with van der Waals surface area (Å²) < 4.78 is 39.0. The molecule has 9 heteroatoms. The normalized spacial score (nSPS) is 14.9. The van der Waals surface area contributed by atoms with Crippen molar-refractivity contribution >= 4 is 38.6 Å². The van der Waals surface area contributed by atoms with Crippen molar-refractivity contribution in [2.75, 3.05) is 26.2 Å². The highest BCUT2D eigenvalue weighted by molar-refractivity contribution is 9.10. The fourth-order valence-corrected chi connectivity index (χ4v) is 3.84. The summed E-state index contributed by atoms with van der Waals surface area (Å²) in [5.41, 5.74) is 0.734. The molecule has 0 saturated carbocycles. The van der Waals surface area contributed by atoms with E-state index < -0.39 is 11.7 Å². The van der Waals surface area contributed by atoms with Crippen LogP contribution < -0.4 is 0 Å². The second kappa shape index (κ2) is 7.79. The molecule has 4 rings (SSSR count). The van der Waals surface area contributed by atoms with Crippen molar-refractivity contribution in [1.82, 2.24) is 14.8 Å². The van der Waals surface area contributed by atoms with Gasteiger partial charge in [-0.25, -0.2) is 0 Å². The first-order chi connectivity index (χ1) is 14.2. The van der Waals surface area contributed by atoms with Gasteiger partial charge in [0.2, 0.25) is 0 Å². The molecule has 1 fully saturated rings. The van der Waals surface area contributed by atoms with E-state index in [1.165, 1.54) is 12.1 Å². The highest BCUT2D eigenvalue weighted by atomic mass is 79.9. The minimum Gasteiger partial charge on any atom is -0.350 e. The van der Waals surface area contributed by atoms with E-state index in [1.807, 2.05) is 18.2 Å². The van der Waals surface area contributed by atoms with Gasteiger partial charge in [0.15, 0.2) is 0 Å². The molecule has 2 heterocycles. The van der Waals surface area contributed by atoms with E-state index in [0.717, 1.165) is 27.5 Å². The number of fused-ring (bicyclic) bond motifs is 1. The first kappa shape index (κ1) is 20.5. The van der Waals surface area contributed by atoms with E-state index in [2.05, 4.69) is 20.9 Å². The maximum atomic E-state index is 12.8. The number of piperazine rings is 1. The topological polar surface area (TPSA) is 56.4 Å². The standard InChI is InChI=1S/C21H17BrF3N3O2/c22-16-6-3-14-11-18(26-17(14)12-16)20(30)28-9-7-27(8-10-28)19(29)13-1-4-15(5-2-13)21(23,24)25/h1-6,11-12,26H,7-10H2. The fourth-order valence-electron chi connectivity index (χ4n) is 3.48. The van der Waals surface area contributed by atoms with Crippen molar-refractivity contribution < 1.29 is 22.8 Å². The minimum atomic E-state index is -4.44. The summed E-state index contributed by atoms with van der Waals surface area (Å²) in [5, 5.41) is 0.928. The van der Waals surface area contributed by atoms with Gasteiger partial charge in [-0.3, -0.25) is 9.59 Å². The Hall–Kier alpha value is -2.81. The monoisotopic (exact) mass is 479 g/mol.